The molecule has 0 saturated carbocycles. The molecule has 0 radical (unpaired) electrons. The van der Waals surface area contributed by atoms with Crippen LogP contribution in [0.15, 0.2) is 40.7 Å². The number of benzene rings is 1. The van der Waals surface area contributed by atoms with E-state index in [1.807, 2.05) is 24.3 Å². The van der Waals surface area contributed by atoms with Crippen molar-refractivity contribution < 1.29 is 24.6 Å². The minimum absolute atomic E-state index is 0.179. The fourth-order valence-corrected chi connectivity index (χ4v) is 6.75. The van der Waals surface area contributed by atoms with E-state index in [1.165, 1.54) is 16.7 Å². The van der Waals surface area contributed by atoms with E-state index in [0.29, 0.717) is 23.5 Å². The first kappa shape index (κ1) is 25.1. The van der Waals surface area contributed by atoms with Crippen LogP contribution in [0.1, 0.15) is 17.5 Å². The maximum atomic E-state index is 13.0. The fraction of sp³-hybridized carbons (Fsp3) is 0.350. The Morgan fingerprint density at radius 2 is 2.09 bits per heavy atom. The van der Waals surface area contributed by atoms with Gasteiger partial charge in [0.05, 0.1) is 11.4 Å². The number of hydrogen-bond acceptors (Lipinski definition) is 10. The van der Waals surface area contributed by atoms with Gasteiger partial charge in [0.25, 0.3) is 5.91 Å². The quantitative estimate of drug-likeness (QED) is 0.160. The zero-order valence-electron chi connectivity index (χ0n) is 18.1. The van der Waals surface area contributed by atoms with Crippen molar-refractivity contribution in [1.29, 1.82) is 0 Å². The van der Waals surface area contributed by atoms with Crippen LogP contribution in [0.25, 0.3) is 0 Å². The molecule has 1 aromatic heterocycles. The number of thioether (sulfide) groups is 2. The van der Waals surface area contributed by atoms with E-state index in [2.05, 4.69) is 25.9 Å². The third kappa shape index (κ3) is 5.32. The van der Waals surface area contributed by atoms with Gasteiger partial charge in [-0.25, -0.2) is 4.79 Å². The van der Waals surface area contributed by atoms with Crippen LogP contribution in [-0.2, 0) is 27.3 Å². The molecule has 3 atom stereocenters. The van der Waals surface area contributed by atoms with Gasteiger partial charge < -0.3 is 21.3 Å². The van der Waals surface area contributed by atoms with Crippen LogP contribution in [0.5, 0.6) is 0 Å². The number of aromatic amines is 1. The number of nitrogens with zero attached hydrogens (tertiary/aromatic N) is 4. The largest absolute Gasteiger partial charge is 0.481 e. The molecule has 2 aliphatic rings. The summed E-state index contributed by atoms with van der Waals surface area (Å²) in [7, 11) is 0. The molecular formula is C20H21N7O5S3. The first-order valence-corrected chi connectivity index (χ1v) is 12.7. The molecule has 6 N–H and O–H groups in total. The van der Waals surface area contributed by atoms with Crippen molar-refractivity contribution in [3.63, 3.8) is 0 Å². The zero-order chi connectivity index (χ0) is 25.1. The normalized spacial score (nSPS) is 20.1. The maximum Gasteiger partial charge on any atom is 0.352 e. The predicted octanol–water partition coefficient (Wildman–Crippen LogP) is 0.376. The van der Waals surface area contributed by atoms with Crippen molar-refractivity contribution >= 4 is 58.6 Å². The Morgan fingerprint density at radius 3 is 2.71 bits per heavy atom. The Balaban J connectivity index is 1.53. The van der Waals surface area contributed by atoms with Crippen molar-refractivity contribution in [2.24, 2.45) is 5.73 Å². The number of carbonyl (C=O) groups excluding carboxylic acids is 1. The number of tetrazole rings is 1. The van der Waals surface area contributed by atoms with E-state index in [0.717, 1.165) is 22.9 Å². The number of amides is 1. The van der Waals surface area contributed by atoms with Gasteiger partial charge in [0.1, 0.15) is 17.1 Å². The number of rotatable bonds is 10. The molecule has 0 aliphatic carbocycles. The molecule has 2 unspecified atom stereocenters. The van der Waals surface area contributed by atoms with Gasteiger partial charge in [0, 0.05) is 24.0 Å². The van der Waals surface area contributed by atoms with E-state index >= 15 is 0 Å². The highest BCUT2D eigenvalue weighted by Gasteiger charge is 2.54. The standard InChI is InChI=1S/C20H21N7O5S3/c21-7-10-4-2-1-3-9(10)5-13(33)22-15-17(30)27-16(19(31)32)11(8-34-18(15)27)12(6-14(28)29)35-20-23-25-26-24-20/h1-4,12,15,18H,5-8,21H2,(H,22,33)(H,28,29)(H,31,32)(H,23,24,25,26)/t12?,15?,18-/m0/s1. The summed E-state index contributed by atoms with van der Waals surface area (Å²) >= 11 is 7.80. The average molecular weight is 536 g/mol. The SMILES string of the molecule is NCc1ccccc1CC(=S)NC1C(=O)N2C(C(=O)O)=C(C(CC(=O)O)Sc3nn[nH]n3)CS[C@@H]12. The highest BCUT2D eigenvalue weighted by Crippen LogP contribution is 2.44. The number of carboxylic acids is 2. The molecule has 1 aromatic carbocycles. The lowest BCUT2D eigenvalue weighted by Crippen LogP contribution is -2.70. The molecule has 184 valence electrons. The molecule has 2 aliphatic heterocycles. The molecule has 1 fully saturated rings. The second kappa shape index (κ2) is 10.7. The number of hydrogen-bond donors (Lipinski definition) is 5. The molecule has 2 aromatic rings. The Morgan fingerprint density at radius 1 is 1.34 bits per heavy atom. The van der Waals surface area contributed by atoms with E-state index in [-0.39, 0.29) is 23.0 Å². The molecular weight excluding hydrogens is 514 g/mol. The zero-order valence-corrected chi connectivity index (χ0v) is 20.5. The number of nitrogens with one attached hydrogen (secondary N) is 2. The number of H-pyrrole nitrogens is 1. The predicted molar refractivity (Wildman–Crippen MR) is 131 cm³/mol. The molecule has 12 nitrogen and oxygen atoms in total. The summed E-state index contributed by atoms with van der Waals surface area (Å²) in [4.78, 5) is 38.4. The fourth-order valence-electron chi connectivity index (χ4n) is 3.94. The Kier molecular flexibility index (Phi) is 7.69. The van der Waals surface area contributed by atoms with Gasteiger partial charge in [0.2, 0.25) is 5.16 Å². The Labute approximate surface area is 213 Å². The highest BCUT2D eigenvalue weighted by molar-refractivity contribution is 8.01. The molecule has 35 heavy (non-hydrogen) atoms. The van der Waals surface area contributed by atoms with Crippen LogP contribution >= 0.6 is 35.7 Å². The van der Waals surface area contributed by atoms with Crippen molar-refractivity contribution in [1.82, 2.24) is 30.8 Å². The van der Waals surface area contributed by atoms with Crippen LogP contribution in [0, 0.1) is 0 Å². The first-order valence-electron chi connectivity index (χ1n) is 10.4. The molecule has 1 saturated heterocycles. The molecule has 4 rings (SSSR count). The summed E-state index contributed by atoms with van der Waals surface area (Å²) in [5.41, 5.74) is 7.81. The van der Waals surface area contributed by atoms with Crippen LogP contribution in [0.4, 0.5) is 0 Å². The molecule has 3 heterocycles. The number of aliphatic carboxylic acids is 2. The van der Waals surface area contributed by atoms with Crippen molar-refractivity contribution in [3.8, 4) is 0 Å². The highest BCUT2D eigenvalue weighted by atomic mass is 32.2. The van der Waals surface area contributed by atoms with Gasteiger partial charge in [-0.3, -0.25) is 14.5 Å². The second-order valence-corrected chi connectivity index (χ2v) is 10.5. The second-order valence-electron chi connectivity index (χ2n) is 7.68. The number of fused-ring (bicyclic) bond motifs is 1. The number of nitrogens with two attached hydrogens (primary N) is 1. The van der Waals surface area contributed by atoms with Gasteiger partial charge in [-0.1, -0.05) is 48.2 Å². The summed E-state index contributed by atoms with van der Waals surface area (Å²) in [6.07, 6.45) is 0.0314. The summed E-state index contributed by atoms with van der Waals surface area (Å²) in [5, 5.41) is 34.7. The minimum atomic E-state index is -1.30. The van der Waals surface area contributed by atoms with Crippen molar-refractivity contribution in [3.05, 3.63) is 46.7 Å². The van der Waals surface area contributed by atoms with Crippen molar-refractivity contribution in [2.75, 3.05) is 5.75 Å². The van der Waals surface area contributed by atoms with E-state index in [4.69, 9.17) is 18.0 Å². The summed E-state index contributed by atoms with van der Waals surface area (Å²) in [6.45, 7) is 0.363. The summed E-state index contributed by atoms with van der Waals surface area (Å²) < 4.78 is 0. The number of thiocarbonyl (C=S) groups is 1. The van der Waals surface area contributed by atoms with E-state index < -0.39 is 34.5 Å². The number of carboxylic acid groups (broad SMARTS) is 2. The number of aromatic nitrogens is 4. The van der Waals surface area contributed by atoms with Crippen molar-refractivity contribution in [2.45, 2.75) is 41.2 Å². The Bertz CT molecular complexity index is 1190. The number of carbonyl (C=O) groups is 3. The third-order valence-corrected chi connectivity index (χ3v) is 8.21. The molecule has 15 heteroatoms. The topological polar surface area (TPSA) is 187 Å². The van der Waals surface area contributed by atoms with Gasteiger partial charge in [-0.05, 0) is 21.9 Å². The lowest BCUT2D eigenvalue weighted by atomic mass is 9.99. The van der Waals surface area contributed by atoms with Crippen LogP contribution in [0.2, 0.25) is 0 Å². The minimum Gasteiger partial charge on any atom is -0.481 e. The van der Waals surface area contributed by atoms with Gasteiger partial charge in [0.15, 0.2) is 0 Å². The summed E-state index contributed by atoms with van der Waals surface area (Å²) in [6, 6.07) is 6.92. The molecule has 0 spiro atoms. The maximum absolute atomic E-state index is 13.0. The molecule has 0 bridgehead atoms. The van der Waals surface area contributed by atoms with Gasteiger partial charge in [-0.15, -0.1) is 22.0 Å². The van der Waals surface area contributed by atoms with E-state index in [1.54, 1.807) is 0 Å². The first-order chi connectivity index (χ1) is 16.8. The summed E-state index contributed by atoms with van der Waals surface area (Å²) in [5.74, 6) is -2.64. The lowest BCUT2D eigenvalue weighted by Gasteiger charge is -2.50. The van der Waals surface area contributed by atoms with Gasteiger partial charge >= 0.3 is 11.9 Å². The van der Waals surface area contributed by atoms with Gasteiger partial charge in [-0.2, -0.15) is 5.21 Å². The smallest absolute Gasteiger partial charge is 0.352 e. The monoisotopic (exact) mass is 535 g/mol. The van der Waals surface area contributed by atoms with Crippen LogP contribution in [0.3, 0.4) is 0 Å². The lowest BCUT2D eigenvalue weighted by molar-refractivity contribution is -0.148. The Hall–Kier alpha value is -3.01. The van der Waals surface area contributed by atoms with Crippen LogP contribution < -0.4 is 11.1 Å². The average Bonchev–Trinajstić information content (AvgIpc) is 3.34. The molecule has 1 amide bonds. The number of β-lactam (4-membered cyclic amide) rings is 1. The van der Waals surface area contributed by atoms with E-state index in [9.17, 15) is 24.6 Å². The third-order valence-electron chi connectivity index (χ3n) is 5.53. The van der Waals surface area contributed by atoms with Crippen LogP contribution in [-0.4, -0.2) is 81.0 Å².